The maximum atomic E-state index is 8.58. The monoisotopic (exact) mass is 424 g/mol. The third-order valence-corrected chi connectivity index (χ3v) is 4.04. The standard InChI is InChI=1S/C17H36N4O4S2/c22-10-14-24-12-8-20-16(26)18-6-4-2-1-3-5-7-19-17(27)21-9-13-25-15-11-23/h22-23H,1-15H2,(H2,18,20,26)(H2,19,21,27). The van der Waals surface area contributed by atoms with Crippen molar-refractivity contribution in [2.45, 2.75) is 32.1 Å². The maximum absolute atomic E-state index is 8.58. The van der Waals surface area contributed by atoms with E-state index < -0.39 is 0 Å². The Morgan fingerprint density at radius 1 is 0.556 bits per heavy atom. The molecular formula is C17H36N4O4S2. The molecule has 0 aliphatic rings. The smallest absolute Gasteiger partial charge is 0.166 e. The summed E-state index contributed by atoms with van der Waals surface area (Å²) in [5.74, 6) is 0. The molecule has 0 spiro atoms. The Hall–Kier alpha value is -0.780. The Bertz CT molecular complexity index is 334. The number of ether oxygens (including phenoxy) is 2. The molecule has 8 nitrogen and oxygen atoms in total. The molecule has 0 aliphatic carbocycles. The Labute approximate surface area is 173 Å². The molecule has 0 aromatic heterocycles. The molecule has 0 unspecified atom stereocenters. The summed E-state index contributed by atoms with van der Waals surface area (Å²) in [5.41, 5.74) is 0. The zero-order valence-corrected chi connectivity index (χ0v) is 17.8. The predicted molar refractivity (Wildman–Crippen MR) is 116 cm³/mol. The van der Waals surface area contributed by atoms with Gasteiger partial charge in [0.05, 0.1) is 39.6 Å². The van der Waals surface area contributed by atoms with Gasteiger partial charge < -0.3 is 41.0 Å². The summed E-state index contributed by atoms with van der Waals surface area (Å²) in [7, 11) is 0. The van der Waals surface area contributed by atoms with Crippen LogP contribution in [-0.2, 0) is 9.47 Å². The first kappa shape index (κ1) is 26.2. The molecule has 0 aliphatic heterocycles. The van der Waals surface area contributed by atoms with E-state index in [9.17, 15) is 0 Å². The summed E-state index contributed by atoms with van der Waals surface area (Å²) in [5, 5.41) is 30.9. The van der Waals surface area contributed by atoms with Gasteiger partial charge in [-0.25, -0.2) is 0 Å². The highest BCUT2D eigenvalue weighted by Gasteiger charge is 1.97. The fraction of sp³-hybridized carbons (Fsp3) is 0.882. The molecule has 0 atom stereocenters. The van der Waals surface area contributed by atoms with E-state index in [0.717, 1.165) is 25.9 Å². The van der Waals surface area contributed by atoms with E-state index in [1.807, 2.05) is 0 Å². The Morgan fingerprint density at radius 3 is 1.33 bits per heavy atom. The van der Waals surface area contributed by atoms with E-state index in [-0.39, 0.29) is 13.2 Å². The lowest BCUT2D eigenvalue weighted by atomic mass is 10.1. The summed E-state index contributed by atoms with van der Waals surface area (Å²) in [6.45, 7) is 4.91. The highest BCUT2D eigenvalue weighted by molar-refractivity contribution is 7.80. The number of unbranched alkanes of at least 4 members (excludes halogenated alkanes) is 4. The van der Waals surface area contributed by atoms with Gasteiger partial charge in [0.2, 0.25) is 0 Å². The molecule has 6 N–H and O–H groups in total. The molecule has 0 saturated heterocycles. The van der Waals surface area contributed by atoms with Crippen LogP contribution in [0.15, 0.2) is 0 Å². The zero-order chi connectivity index (χ0) is 20.0. The molecule has 27 heavy (non-hydrogen) atoms. The fourth-order valence-electron chi connectivity index (χ4n) is 2.12. The quantitative estimate of drug-likeness (QED) is 0.132. The Morgan fingerprint density at radius 2 is 0.926 bits per heavy atom. The van der Waals surface area contributed by atoms with Crippen LogP contribution >= 0.6 is 24.4 Å². The highest BCUT2D eigenvalue weighted by Crippen LogP contribution is 2.01. The number of thiocarbonyl (C=S) groups is 2. The topological polar surface area (TPSA) is 107 Å². The van der Waals surface area contributed by atoms with E-state index >= 15 is 0 Å². The molecule has 10 heteroatoms. The van der Waals surface area contributed by atoms with Crippen molar-refractivity contribution in [1.82, 2.24) is 21.3 Å². The van der Waals surface area contributed by atoms with Gasteiger partial charge in [-0.05, 0) is 37.3 Å². The molecule has 0 saturated carbocycles. The van der Waals surface area contributed by atoms with Crippen LogP contribution in [0.5, 0.6) is 0 Å². The van der Waals surface area contributed by atoms with Crippen LogP contribution in [0, 0.1) is 0 Å². The first-order valence-corrected chi connectivity index (χ1v) is 10.4. The third kappa shape index (κ3) is 21.4. The van der Waals surface area contributed by atoms with Crippen molar-refractivity contribution in [3.05, 3.63) is 0 Å². The van der Waals surface area contributed by atoms with Gasteiger partial charge in [-0.2, -0.15) is 0 Å². The first-order chi connectivity index (χ1) is 13.2. The summed E-state index contributed by atoms with van der Waals surface area (Å²) in [6, 6.07) is 0. The third-order valence-electron chi connectivity index (χ3n) is 3.46. The zero-order valence-electron chi connectivity index (χ0n) is 16.1. The van der Waals surface area contributed by atoms with Crippen LogP contribution in [0.3, 0.4) is 0 Å². The molecular weight excluding hydrogens is 388 g/mol. The minimum Gasteiger partial charge on any atom is -0.394 e. The van der Waals surface area contributed by atoms with Gasteiger partial charge in [0.25, 0.3) is 0 Å². The first-order valence-electron chi connectivity index (χ1n) is 9.61. The number of nitrogens with one attached hydrogen (secondary N) is 4. The summed E-state index contributed by atoms with van der Waals surface area (Å²) >= 11 is 10.3. The molecule has 0 heterocycles. The SMILES string of the molecule is OCCOCCNC(=S)NCCCCCCCNC(=S)NCCOCCO. The Kier molecular flexibility index (Phi) is 20.9. The fourth-order valence-corrected chi connectivity index (χ4v) is 2.52. The largest absolute Gasteiger partial charge is 0.394 e. The van der Waals surface area contributed by atoms with Gasteiger partial charge in [0.15, 0.2) is 10.2 Å². The van der Waals surface area contributed by atoms with Crippen LogP contribution in [0.2, 0.25) is 0 Å². The molecule has 0 fully saturated rings. The van der Waals surface area contributed by atoms with Gasteiger partial charge in [-0.3, -0.25) is 0 Å². The van der Waals surface area contributed by atoms with Crippen molar-refractivity contribution in [1.29, 1.82) is 0 Å². The Balaban J connectivity index is 3.23. The minimum atomic E-state index is 0.0455. The van der Waals surface area contributed by atoms with Gasteiger partial charge in [-0.1, -0.05) is 19.3 Å². The van der Waals surface area contributed by atoms with Crippen LogP contribution in [0.4, 0.5) is 0 Å². The van der Waals surface area contributed by atoms with Crippen molar-refractivity contribution in [2.75, 3.05) is 65.8 Å². The van der Waals surface area contributed by atoms with E-state index in [4.69, 9.17) is 44.1 Å². The second-order valence-corrected chi connectivity index (χ2v) is 6.62. The van der Waals surface area contributed by atoms with Crippen LogP contribution < -0.4 is 21.3 Å². The lowest BCUT2D eigenvalue weighted by molar-refractivity contribution is 0.0958. The van der Waals surface area contributed by atoms with Crippen molar-refractivity contribution in [2.24, 2.45) is 0 Å². The molecule has 0 amide bonds. The molecule has 0 rings (SSSR count). The van der Waals surface area contributed by atoms with E-state index in [2.05, 4.69) is 21.3 Å². The van der Waals surface area contributed by atoms with E-state index in [0.29, 0.717) is 49.7 Å². The van der Waals surface area contributed by atoms with Crippen LogP contribution in [0.1, 0.15) is 32.1 Å². The molecule has 160 valence electrons. The van der Waals surface area contributed by atoms with Gasteiger partial charge in [0.1, 0.15) is 0 Å². The van der Waals surface area contributed by atoms with E-state index in [1.165, 1.54) is 19.3 Å². The van der Waals surface area contributed by atoms with Crippen LogP contribution in [-0.4, -0.2) is 86.3 Å². The van der Waals surface area contributed by atoms with Crippen molar-refractivity contribution in [3.8, 4) is 0 Å². The molecule has 0 bridgehead atoms. The van der Waals surface area contributed by atoms with Crippen molar-refractivity contribution < 1.29 is 19.7 Å². The average molecular weight is 425 g/mol. The second-order valence-electron chi connectivity index (χ2n) is 5.81. The summed E-state index contributed by atoms with van der Waals surface area (Å²) < 4.78 is 10.3. The second kappa shape index (κ2) is 21.5. The molecule has 0 aromatic rings. The number of hydrogen-bond acceptors (Lipinski definition) is 6. The van der Waals surface area contributed by atoms with E-state index in [1.54, 1.807) is 0 Å². The van der Waals surface area contributed by atoms with Gasteiger partial charge >= 0.3 is 0 Å². The summed E-state index contributed by atoms with van der Waals surface area (Å²) in [6.07, 6.45) is 5.70. The lowest BCUT2D eigenvalue weighted by Gasteiger charge is -2.11. The van der Waals surface area contributed by atoms with Crippen LogP contribution in [0.25, 0.3) is 0 Å². The molecule has 0 radical (unpaired) electrons. The number of aliphatic hydroxyl groups excluding tert-OH is 2. The highest BCUT2D eigenvalue weighted by atomic mass is 32.1. The van der Waals surface area contributed by atoms with Crippen molar-refractivity contribution in [3.63, 3.8) is 0 Å². The average Bonchev–Trinajstić information content (AvgIpc) is 2.66. The number of hydrogen-bond donors (Lipinski definition) is 6. The molecule has 0 aromatic carbocycles. The minimum absolute atomic E-state index is 0.0455. The van der Waals surface area contributed by atoms with Crippen molar-refractivity contribution >= 4 is 34.7 Å². The van der Waals surface area contributed by atoms with Gasteiger partial charge in [0, 0.05) is 26.2 Å². The maximum Gasteiger partial charge on any atom is 0.166 e. The summed E-state index contributed by atoms with van der Waals surface area (Å²) in [4.78, 5) is 0. The number of aliphatic hydroxyl groups is 2. The van der Waals surface area contributed by atoms with Gasteiger partial charge in [-0.15, -0.1) is 0 Å². The normalized spacial score (nSPS) is 10.4. The lowest BCUT2D eigenvalue weighted by Crippen LogP contribution is -2.37. The predicted octanol–water partition coefficient (Wildman–Crippen LogP) is -0.117. The number of rotatable bonds is 18.